The van der Waals surface area contributed by atoms with Crippen LogP contribution in [0.25, 0.3) is 0 Å². The highest BCUT2D eigenvalue weighted by atomic mass is 32.2. The van der Waals surface area contributed by atoms with E-state index in [4.69, 9.17) is 0 Å². The molecular formula is C8H12O2S. The van der Waals surface area contributed by atoms with Gasteiger partial charge in [0.2, 0.25) is 0 Å². The number of carbonyl (C=O) groups excluding carboxylic acids is 1. The molecule has 0 radical (unpaired) electrons. The molecule has 0 saturated carbocycles. The lowest BCUT2D eigenvalue weighted by molar-refractivity contribution is -0.134. The third-order valence-corrected chi connectivity index (χ3v) is 3.03. The zero-order valence-electron chi connectivity index (χ0n) is 6.79. The number of methoxy groups -OCH3 is 1. The molecule has 0 aromatic carbocycles. The van der Waals surface area contributed by atoms with E-state index >= 15 is 0 Å². The Labute approximate surface area is 71.0 Å². The van der Waals surface area contributed by atoms with E-state index in [1.807, 2.05) is 11.8 Å². The smallest absolute Gasteiger partial charge is 0.330 e. The molecule has 1 fully saturated rings. The van der Waals surface area contributed by atoms with Crippen LogP contribution in [0.2, 0.25) is 0 Å². The summed E-state index contributed by atoms with van der Waals surface area (Å²) in [7, 11) is 1.41. The molecular weight excluding hydrogens is 160 g/mol. The van der Waals surface area contributed by atoms with Crippen LogP contribution in [0.15, 0.2) is 11.6 Å². The molecule has 1 saturated heterocycles. The Morgan fingerprint density at radius 3 is 3.00 bits per heavy atom. The molecule has 3 heteroatoms. The third kappa shape index (κ3) is 2.26. The summed E-state index contributed by atoms with van der Waals surface area (Å²) in [6.45, 7) is 2.12. The molecule has 1 atom stereocenters. The summed E-state index contributed by atoms with van der Waals surface area (Å²) in [5.74, 6) is 0.902. The summed E-state index contributed by atoms with van der Waals surface area (Å²) in [5.41, 5.74) is 1.21. The van der Waals surface area contributed by atoms with Crippen LogP contribution >= 0.6 is 11.8 Å². The average molecular weight is 172 g/mol. The van der Waals surface area contributed by atoms with Crippen molar-refractivity contribution >= 4 is 17.7 Å². The van der Waals surface area contributed by atoms with Gasteiger partial charge in [0.1, 0.15) is 0 Å². The van der Waals surface area contributed by atoms with Crippen LogP contribution in [0.5, 0.6) is 0 Å². The molecule has 1 unspecified atom stereocenters. The molecule has 1 heterocycles. The average Bonchev–Trinajstić information content (AvgIpc) is 2.37. The minimum atomic E-state index is -0.227. The fourth-order valence-corrected chi connectivity index (χ4v) is 2.17. The Hall–Kier alpha value is -0.440. The van der Waals surface area contributed by atoms with Crippen LogP contribution in [0.3, 0.4) is 0 Å². The van der Waals surface area contributed by atoms with E-state index in [2.05, 4.69) is 11.7 Å². The first-order chi connectivity index (χ1) is 5.24. The highest BCUT2D eigenvalue weighted by Gasteiger charge is 2.17. The predicted molar refractivity (Wildman–Crippen MR) is 46.6 cm³/mol. The molecule has 0 bridgehead atoms. The normalized spacial score (nSPS) is 27.5. The highest BCUT2D eigenvalue weighted by molar-refractivity contribution is 8.00. The second-order valence-corrected chi connectivity index (χ2v) is 3.95. The Morgan fingerprint density at radius 1 is 1.82 bits per heavy atom. The van der Waals surface area contributed by atoms with Crippen LogP contribution in [0.1, 0.15) is 13.3 Å². The topological polar surface area (TPSA) is 26.3 Å². The minimum Gasteiger partial charge on any atom is -0.466 e. The molecule has 0 N–H and O–H groups in total. The van der Waals surface area contributed by atoms with Crippen LogP contribution in [-0.4, -0.2) is 24.1 Å². The van der Waals surface area contributed by atoms with Crippen molar-refractivity contribution in [2.45, 2.75) is 18.6 Å². The maximum absolute atomic E-state index is 10.8. The van der Waals surface area contributed by atoms with Crippen molar-refractivity contribution < 1.29 is 9.53 Å². The van der Waals surface area contributed by atoms with Gasteiger partial charge in [-0.3, -0.25) is 0 Å². The Bertz CT molecular complexity index is 187. The molecule has 1 aliphatic heterocycles. The van der Waals surface area contributed by atoms with Crippen molar-refractivity contribution in [1.82, 2.24) is 0 Å². The van der Waals surface area contributed by atoms with Crippen LogP contribution in [0, 0.1) is 0 Å². The molecule has 0 aromatic rings. The van der Waals surface area contributed by atoms with Crippen molar-refractivity contribution in [3.05, 3.63) is 11.6 Å². The second kappa shape index (κ2) is 3.81. The molecule has 0 aliphatic carbocycles. The zero-order chi connectivity index (χ0) is 8.27. The zero-order valence-corrected chi connectivity index (χ0v) is 7.61. The van der Waals surface area contributed by atoms with Gasteiger partial charge < -0.3 is 4.74 Å². The van der Waals surface area contributed by atoms with Crippen LogP contribution in [0.4, 0.5) is 0 Å². The number of carbonyl (C=O) groups is 1. The number of thioether (sulfide) groups is 1. The maximum atomic E-state index is 10.8. The van der Waals surface area contributed by atoms with Gasteiger partial charge in [-0.1, -0.05) is 0 Å². The molecule has 2 nitrogen and oxygen atoms in total. The van der Waals surface area contributed by atoms with Crippen molar-refractivity contribution in [3.8, 4) is 0 Å². The quantitative estimate of drug-likeness (QED) is 0.444. The summed E-state index contributed by atoms with van der Waals surface area (Å²) in [6.07, 6.45) is 2.64. The van der Waals surface area contributed by atoms with Gasteiger partial charge >= 0.3 is 5.97 Å². The Morgan fingerprint density at radius 2 is 2.55 bits per heavy atom. The maximum Gasteiger partial charge on any atom is 0.330 e. The van der Waals surface area contributed by atoms with Gasteiger partial charge in [-0.15, -0.1) is 0 Å². The fourth-order valence-electron chi connectivity index (χ4n) is 1.06. The molecule has 62 valence electrons. The number of esters is 1. The monoisotopic (exact) mass is 172 g/mol. The molecule has 0 spiro atoms. The number of hydrogen-bond donors (Lipinski definition) is 0. The molecule has 1 aliphatic rings. The van der Waals surface area contributed by atoms with Gasteiger partial charge in [0.15, 0.2) is 0 Å². The first kappa shape index (κ1) is 8.65. The van der Waals surface area contributed by atoms with Crippen LogP contribution in [-0.2, 0) is 9.53 Å². The third-order valence-electron chi connectivity index (χ3n) is 1.79. The van der Waals surface area contributed by atoms with E-state index in [0.717, 1.165) is 12.2 Å². The summed E-state index contributed by atoms with van der Waals surface area (Å²) in [5, 5.41) is 0.495. The van der Waals surface area contributed by atoms with E-state index < -0.39 is 0 Å². The summed E-state index contributed by atoms with van der Waals surface area (Å²) >= 11 is 1.88. The molecule has 0 aromatic heterocycles. The van der Waals surface area contributed by atoms with Crippen molar-refractivity contribution in [2.24, 2.45) is 0 Å². The highest BCUT2D eigenvalue weighted by Crippen LogP contribution is 2.30. The summed E-state index contributed by atoms with van der Waals surface area (Å²) in [4.78, 5) is 10.8. The first-order valence-electron chi connectivity index (χ1n) is 3.64. The van der Waals surface area contributed by atoms with Crippen LogP contribution < -0.4 is 0 Å². The van der Waals surface area contributed by atoms with E-state index in [9.17, 15) is 4.79 Å². The standard InChI is InChI=1S/C8H12O2S/c1-6-7(3-4-11-6)5-8(9)10-2/h5-6H,3-4H2,1-2H3/b7-5+. The molecule has 0 amide bonds. The van der Waals surface area contributed by atoms with Gasteiger partial charge in [-0.25, -0.2) is 4.79 Å². The number of ether oxygens (including phenoxy) is 1. The van der Waals surface area contributed by atoms with Crippen molar-refractivity contribution in [3.63, 3.8) is 0 Å². The number of rotatable bonds is 1. The molecule has 1 rings (SSSR count). The van der Waals surface area contributed by atoms with E-state index in [0.29, 0.717) is 5.25 Å². The number of hydrogen-bond acceptors (Lipinski definition) is 3. The van der Waals surface area contributed by atoms with E-state index in [1.165, 1.54) is 12.7 Å². The van der Waals surface area contributed by atoms with Crippen molar-refractivity contribution in [1.29, 1.82) is 0 Å². The minimum absolute atomic E-state index is 0.227. The Kier molecular flexibility index (Phi) is 3.00. The van der Waals surface area contributed by atoms with E-state index in [-0.39, 0.29) is 5.97 Å². The van der Waals surface area contributed by atoms with Gasteiger partial charge in [0, 0.05) is 11.3 Å². The van der Waals surface area contributed by atoms with E-state index in [1.54, 1.807) is 6.08 Å². The SMILES string of the molecule is COC(=O)/C=C1\CCSC1C. The van der Waals surface area contributed by atoms with Crippen molar-refractivity contribution in [2.75, 3.05) is 12.9 Å². The predicted octanol–water partition coefficient (Wildman–Crippen LogP) is 1.61. The van der Waals surface area contributed by atoms with Gasteiger partial charge in [0.05, 0.1) is 7.11 Å². The lowest BCUT2D eigenvalue weighted by Crippen LogP contribution is -2.00. The van der Waals surface area contributed by atoms with Gasteiger partial charge in [-0.2, -0.15) is 11.8 Å². The first-order valence-corrected chi connectivity index (χ1v) is 4.69. The second-order valence-electron chi connectivity index (χ2n) is 2.51. The summed E-state index contributed by atoms with van der Waals surface area (Å²) < 4.78 is 4.54. The summed E-state index contributed by atoms with van der Waals surface area (Å²) in [6, 6.07) is 0. The largest absolute Gasteiger partial charge is 0.466 e. The fraction of sp³-hybridized carbons (Fsp3) is 0.625. The lowest BCUT2D eigenvalue weighted by Gasteiger charge is -2.01. The Balaban J connectivity index is 2.57. The molecule has 11 heavy (non-hydrogen) atoms. The van der Waals surface area contributed by atoms with Gasteiger partial charge in [-0.05, 0) is 24.7 Å². The van der Waals surface area contributed by atoms with Gasteiger partial charge in [0.25, 0.3) is 0 Å². The lowest BCUT2D eigenvalue weighted by atomic mass is 10.1.